The van der Waals surface area contributed by atoms with E-state index < -0.39 is 11.0 Å². The van der Waals surface area contributed by atoms with Crippen LogP contribution < -0.4 is 4.74 Å². The Morgan fingerprint density at radius 2 is 2.00 bits per heavy atom. The first-order valence-electron chi connectivity index (χ1n) is 5.84. The van der Waals surface area contributed by atoms with Gasteiger partial charge in [-0.05, 0) is 12.1 Å². The van der Waals surface area contributed by atoms with Gasteiger partial charge in [0.1, 0.15) is 22.7 Å². The third-order valence-corrected chi connectivity index (χ3v) is 4.35. The van der Waals surface area contributed by atoms with Gasteiger partial charge in [-0.25, -0.2) is 0 Å². The lowest BCUT2D eigenvalue weighted by Gasteiger charge is -2.26. The molecular weight excluding hydrogens is 379 g/mol. The molecule has 22 heavy (non-hydrogen) atoms. The summed E-state index contributed by atoms with van der Waals surface area (Å²) in [4.78, 5) is 13.3. The summed E-state index contributed by atoms with van der Waals surface area (Å²) in [5.41, 5.74) is 0.185. The molecule has 1 aromatic heterocycles. The monoisotopic (exact) mass is 383 g/mol. The van der Waals surface area contributed by atoms with Crippen molar-refractivity contribution in [1.82, 2.24) is 4.98 Å². The first kappa shape index (κ1) is 15.7. The number of rotatable bonds is 2. The maximum absolute atomic E-state index is 11.2. The van der Waals surface area contributed by atoms with Crippen LogP contribution in [0.4, 0.5) is 5.69 Å². The number of ether oxygens (including phenoxy) is 2. The SMILES string of the molecule is O=[15N+]([O-])c1c([C@H]2OCOc3c(Cl)cc(Cl)cc32)[nH]c(Cl)c1Cl. The van der Waals surface area contributed by atoms with E-state index in [0.717, 1.165) is 0 Å². The van der Waals surface area contributed by atoms with Crippen LogP contribution >= 0.6 is 46.4 Å². The zero-order chi connectivity index (χ0) is 16.0. The maximum Gasteiger partial charge on any atom is 0.313 e. The van der Waals surface area contributed by atoms with Crippen LogP contribution in [0, 0.1) is 10.1 Å². The second-order valence-electron chi connectivity index (χ2n) is 4.39. The second kappa shape index (κ2) is 5.79. The van der Waals surface area contributed by atoms with Crippen LogP contribution in [0.15, 0.2) is 12.1 Å². The average Bonchev–Trinajstić information content (AvgIpc) is 2.74. The van der Waals surface area contributed by atoms with Crippen molar-refractivity contribution in [3.05, 3.63) is 53.7 Å². The van der Waals surface area contributed by atoms with Crippen molar-refractivity contribution >= 4 is 52.1 Å². The van der Waals surface area contributed by atoms with E-state index in [0.29, 0.717) is 16.3 Å². The fourth-order valence-electron chi connectivity index (χ4n) is 2.24. The highest BCUT2D eigenvalue weighted by atomic mass is 35.5. The summed E-state index contributed by atoms with van der Waals surface area (Å²) in [6, 6.07) is 3.06. The second-order valence-corrected chi connectivity index (χ2v) is 5.99. The van der Waals surface area contributed by atoms with Gasteiger partial charge in [0.15, 0.2) is 11.8 Å². The molecular formula is C12H6Cl4N2O4. The van der Waals surface area contributed by atoms with E-state index in [1.54, 1.807) is 6.07 Å². The van der Waals surface area contributed by atoms with Gasteiger partial charge in [-0.2, -0.15) is 0 Å². The number of H-pyrrole nitrogens is 1. The number of benzene rings is 1. The summed E-state index contributed by atoms with van der Waals surface area (Å²) in [6.45, 7) is -0.134. The van der Waals surface area contributed by atoms with Crippen molar-refractivity contribution < 1.29 is 14.4 Å². The van der Waals surface area contributed by atoms with Gasteiger partial charge in [0.25, 0.3) is 0 Å². The summed E-state index contributed by atoms with van der Waals surface area (Å²) < 4.78 is 10.8. The number of aromatic amines is 1. The predicted octanol–water partition coefficient (Wildman–Crippen LogP) is 4.99. The number of aromatic nitrogens is 1. The number of nitro groups is 1. The van der Waals surface area contributed by atoms with Gasteiger partial charge in [0, 0.05) is 10.6 Å². The number of nitrogens with one attached hydrogen (secondary N) is 1. The van der Waals surface area contributed by atoms with Gasteiger partial charge in [0.2, 0.25) is 0 Å². The van der Waals surface area contributed by atoms with Gasteiger partial charge in [-0.1, -0.05) is 46.4 Å². The van der Waals surface area contributed by atoms with Crippen LogP contribution in [0.3, 0.4) is 0 Å². The average molecular weight is 385 g/mol. The highest BCUT2D eigenvalue weighted by Gasteiger charge is 2.36. The van der Waals surface area contributed by atoms with E-state index in [-0.39, 0.29) is 33.4 Å². The van der Waals surface area contributed by atoms with Gasteiger partial charge >= 0.3 is 5.69 Å². The van der Waals surface area contributed by atoms with Crippen molar-refractivity contribution in [3.63, 3.8) is 0 Å². The summed E-state index contributed by atoms with van der Waals surface area (Å²) in [5.74, 6) is 0.346. The number of hydrogen-bond acceptors (Lipinski definition) is 4. The third-order valence-electron chi connectivity index (χ3n) is 3.10. The van der Waals surface area contributed by atoms with Gasteiger partial charge in [-0.3, -0.25) is 10.1 Å². The molecule has 1 aromatic carbocycles. The zero-order valence-electron chi connectivity index (χ0n) is 10.5. The van der Waals surface area contributed by atoms with Crippen molar-refractivity contribution in [2.75, 3.05) is 6.79 Å². The number of nitrogens with zero attached hydrogens (tertiary/aromatic N) is 1. The lowest BCUT2D eigenvalue weighted by Crippen LogP contribution is -2.19. The molecule has 1 aliphatic rings. The van der Waals surface area contributed by atoms with Crippen LogP contribution in [0.5, 0.6) is 5.75 Å². The standard InChI is InChI=1S/C12H6Cl4N2O4/c13-4-1-5-10(6(14)2-4)21-3-22-11(5)8-9(18(19)20)7(15)12(16)17-8/h1-2,11,17H,3H2/t11-/m0/s1/i18+1. The van der Waals surface area contributed by atoms with Crippen LogP contribution in [0.1, 0.15) is 17.4 Å². The molecule has 116 valence electrons. The normalized spacial score (nSPS) is 17.0. The Labute approximate surface area is 144 Å². The summed E-state index contributed by atoms with van der Waals surface area (Å²) in [5, 5.41) is 11.6. The molecule has 2 heterocycles. The minimum absolute atomic E-state index is 0.0480. The minimum Gasteiger partial charge on any atom is -0.466 e. The zero-order valence-corrected chi connectivity index (χ0v) is 13.6. The Bertz CT molecular complexity index is 777. The van der Waals surface area contributed by atoms with E-state index in [9.17, 15) is 10.1 Å². The van der Waals surface area contributed by atoms with Gasteiger partial charge in [-0.15, -0.1) is 0 Å². The van der Waals surface area contributed by atoms with E-state index in [4.69, 9.17) is 55.9 Å². The highest BCUT2D eigenvalue weighted by molar-refractivity contribution is 6.43. The van der Waals surface area contributed by atoms with Crippen molar-refractivity contribution in [2.45, 2.75) is 6.10 Å². The largest absolute Gasteiger partial charge is 0.466 e. The molecule has 0 bridgehead atoms. The molecule has 6 nitrogen and oxygen atoms in total. The quantitative estimate of drug-likeness (QED) is 0.449. The topological polar surface area (TPSA) is 77.4 Å². The van der Waals surface area contributed by atoms with E-state index >= 15 is 0 Å². The van der Waals surface area contributed by atoms with Crippen molar-refractivity contribution in [1.29, 1.82) is 0 Å². The number of halogens is 4. The van der Waals surface area contributed by atoms with E-state index in [2.05, 4.69) is 4.98 Å². The molecule has 0 fully saturated rings. The lowest BCUT2D eigenvalue weighted by molar-refractivity contribution is -0.386. The Balaban J connectivity index is 2.21. The molecule has 0 amide bonds. The molecule has 0 saturated carbocycles. The Hall–Kier alpha value is -1.18. The van der Waals surface area contributed by atoms with Crippen LogP contribution in [0.2, 0.25) is 20.2 Å². The molecule has 0 spiro atoms. The first-order chi connectivity index (χ1) is 10.4. The van der Waals surface area contributed by atoms with Crippen LogP contribution in [-0.4, -0.2) is 16.7 Å². The van der Waals surface area contributed by atoms with Gasteiger partial charge < -0.3 is 14.5 Å². The molecule has 0 radical (unpaired) electrons. The fourth-order valence-corrected chi connectivity index (χ4v) is 3.21. The number of hydrogen-bond donors (Lipinski definition) is 1. The summed E-state index contributed by atoms with van der Waals surface area (Å²) >= 11 is 23.8. The smallest absolute Gasteiger partial charge is 0.313 e. The van der Waals surface area contributed by atoms with E-state index in [1.807, 2.05) is 0 Å². The maximum atomic E-state index is 11.2. The summed E-state index contributed by atoms with van der Waals surface area (Å²) in [6.07, 6.45) is -0.856. The molecule has 3 rings (SSSR count). The molecule has 10 heteroatoms. The fraction of sp³-hybridized carbons (Fsp3) is 0.167. The lowest BCUT2D eigenvalue weighted by atomic mass is 10.0. The molecule has 1 atom stereocenters. The Morgan fingerprint density at radius 1 is 1.27 bits per heavy atom. The third kappa shape index (κ3) is 2.51. The first-order valence-corrected chi connectivity index (χ1v) is 7.36. The molecule has 2 aromatic rings. The molecule has 1 aliphatic heterocycles. The molecule has 0 unspecified atom stereocenters. The Morgan fingerprint density at radius 3 is 2.68 bits per heavy atom. The molecule has 0 saturated heterocycles. The molecule has 0 aliphatic carbocycles. The predicted molar refractivity (Wildman–Crippen MR) is 82.4 cm³/mol. The van der Waals surface area contributed by atoms with Crippen LogP contribution in [-0.2, 0) is 4.74 Å². The van der Waals surface area contributed by atoms with Crippen molar-refractivity contribution in [3.8, 4) is 5.75 Å². The van der Waals surface area contributed by atoms with Gasteiger partial charge in [0.05, 0.1) is 9.95 Å². The minimum atomic E-state index is -0.856. The Kier molecular flexibility index (Phi) is 4.13. The number of fused-ring (bicyclic) bond motifs is 1. The van der Waals surface area contributed by atoms with Crippen LogP contribution in [0.25, 0.3) is 0 Å². The molecule has 1 N–H and O–H groups in total. The highest BCUT2D eigenvalue weighted by Crippen LogP contribution is 2.47. The summed E-state index contributed by atoms with van der Waals surface area (Å²) in [7, 11) is 0. The van der Waals surface area contributed by atoms with E-state index in [1.165, 1.54) is 6.07 Å². The van der Waals surface area contributed by atoms with Crippen molar-refractivity contribution in [2.24, 2.45) is 0 Å².